The Labute approximate surface area is 187 Å². The third-order valence-corrected chi connectivity index (χ3v) is 6.23. The van der Waals surface area contributed by atoms with Crippen molar-refractivity contribution < 1.29 is 9.59 Å². The lowest BCUT2D eigenvalue weighted by molar-refractivity contribution is -0.133. The van der Waals surface area contributed by atoms with E-state index in [1.54, 1.807) is 4.90 Å². The zero-order chi connectivity index (χ0) is 21.8. The molecular weight excluding hydrogens is 444 g/mol. The summed E-state index contributed by atoms with van der Waals surface area (Å²) in [5.41, 5.74) is 3.69. The van der Waals surface area contributed by atoms with E-state index in [0.29, 0.717) is 12.1 Å². The molecule has 2 amide bonds. The number of nitrogens with one attached hydrogen (secondary N) is 1. The van der Waals surface area contributed by atoms with Crippen molar-refractivity contribution in [3.05, 3.63) is 51.8 Å². The molecule has 6 nitrogen and oxygen atoms in total. The number of hydrogen-bond acceptors (Lipinski definition) is 3. The minimum Gasteiger partial charge on any atom is -0.352 e. The van der Waals surface area contributed by atoms with Crippen molar-refractivity contribution in [2.45, 2.75) is 39.2 Å². The molecule has 1 aliphatic rings. The first-order chi connectivity index (χ1) is 14.3. The highest BCUT2D eigenvalue weighted by Gasteiger charge is 2.31. The van der Waals surface area contributed by atoms with Gasteiger partial charge in [-0.2, -0.15) is 0 Å². The van der Waals surface area contributed by atoms with Gasteiger partial charge >= 0.3 is 0 Å². The summed E-state index contributed by atoms with van der Waals surface area (Å²) in [7, 11) is 3.62. The average Bonchev–Trinajstić information content (AvgIpc) is 3.28. The Morgan fingerprint density at radius 1 is 1.23 bits per heavy atom. The van der Waals surface area contributed by atoms with E-state index in [1.165, 1.54) is 0 Å². The number of carbonyl (C=O) groups is 2. The number of aromatic nitrogens is 1. The van der Waals surface area contributed by atoms with Crippen LogP contribution in [0.2, 0.25) is 0 Å². The summed E-state index contributed by atoms with van der Waals surface area (Å²) >= 11 is 3.51. The molecule has 1 N–H and O–H groups in total. The number of carbonyl (C=O) groups excluding carboxylic acids is 2. The van der Waals surface area contributed by atoms with Crippen LogP contribution in [0.3, 0.4) is 0 Å². The van der Waals surface area contributed by atoms with Crippen molar-refractivity contribution in [2.75, 3.05) is 33.7 Å². The minimum absolute atomic E-state index is 0.0141. The maximum Gasteiger partial charge on any atom is 0.253 e. The molecule has 0 radical (unpaired) electrons. The number of amides is 2. The number of hydrogen-bond donors (Lipinski definition) is 1. The van der Waals surface area contributed by atoms with E-state index in [1.807, 2.05) is 58.3 Å². The van der Waals surface area contributed by atoms with Crippen LogP contribution in [0.5, 0.6) is 0 Å². The van der Waals surface area contributed by atoms with Gasteiger partial charge < -0.3 is 14.8 Å². The molecular formula is C23H31BrN4O2. The Kier molecular flexibility index (Phi) is 7.36. The zero-order valence-corrected chi connectivity index (χ0v) is 19.8. The van der Waals surface area contributed by atoms with Gasteiger partial charge in [0, 0.05) is 48.7 Å². The highest BCUT2D eigenvalue weighted by Crippen LogP contribution is 2.23. The Hall–Kier alpha value is -2.12. The maximum absolute atomic E-state index is 12.8. The first kappa shape index (κ1) is 22.6. The standard InChI is InChI=1S/C23H31BrN4O2/c1-16-14-20(17(2)28(16)19-9-5-8-18(24)15-19)22(29)25-11-7-13-27-12-6-10-21(27)23(30)26(3)4/h5,8-9,14-15,21H,6-7,10-13H2,1-4H3,(H,25,29). The first-order valence-electron chi connectivity index (χ1n) is 10.5. The Morgan fingerprint density at radius 2 is 2.00 bits per heavy atom. The zero-order valence-electron chi connectivity index (χ0n) is 18.2. The summed E-state index contributed by atoms with van der Waals surface area (Å²) in [6.45, 7) is 6.36. The molecule has 2 aromatic rings. The van der Waals surface area contributed by atoms with Crippen LogP contribution in [-0.4, -0.2) is 66.0 Å². The van der Waals surface area contributed by atoms with Crippen molar-refractivity contribution in [1.29, 1.82) is 0 Å². The van der Waals surface area contributed by atoms with Crippen molar-refractivity contribution in [3.8, 4) is 5.69 Å². The predicted octanol–water partition coefficient (Wildman–Crippen LogP) is 3.53. The fourth-order valence-electron chi connectivity index (χ4n) is 4.26. The lowest BCUT2D eigenvalue weighted by Crippen LogP contribution is -2.43. The molecule has 2 heterocycles. The average molecular weight is 475 g/mol. The molecule has 1 aromatic carbocycles. The maximum atomic E-state index is 12.8. The Bertz CT molecular complexity index is 922. The molecule has 3 rings (SSSR count). The van der Waals surface area contributed by atoms with Gasteiger partial charge in [-0.3, -0.25) is 14.5 Å². The summed E-state index contributed by atoms with van der Waals surface area (Å²) in [5.74, 6) is 0.128. The van der Waals surface area contributed by atoms with Crippen molar-refractivity contribution >= 4 is 27.7 Å². The quantitative estimate of drug-likeness (QED) is 0.624. The number of halogens is 1. The van der Waals surface area contributed by atoms with E-state index in [0.717, 1.165) is 53.9 Å². The van der Waals surface area contributed by atoms with Crippen LogP contribution in [0.1, 0.15) is 41.0 Å². The van der Waals surface area contributed by atoms with Crippen molar-refractivity contribution in [2.24, 2.45) is 0 Å². The molecule has 1 saturated heterocycles. The minimum atomic E-state index is -0.0494. The van der Waals surface area contributed by atoms with Crippen LogP contribution in [0.15, 0.2) is 34.8 Å². The van der Waals surface area contributed by atoms with Crippen LogP contribution in [0, 0.1) is 13.8 Å². The molecule has 162 valence electrons. The highest BCUT2D eigenvalue weighted by atomic mass is 79.9. The lowest BCUT2D eigenvalue weighted by atomic mass is 10.2. The van der Waals surface area contributed by atoms with Crippen LogP contribution in [-0.2, 0) is 4.79 Å². The van der Waals surface area contributed by atoms with Gasteiger partial charge in [0.1, 0.15) is 0 Å². The van der Waals surface area contributed by atoms with Gasteiger partial charge in [0.25, 0.3) is 5.91 Å². The smallest absolute Gasteiger partial charge is 0.253 e. The van der Waals surface area contributed by atoms with Gasteiger partial charge in [0.05, 0.1) is 11.6 Å². The second kappa shape index (κ2) is 9.79. The topological polar surface area (TPSA) is 57.6 Å². The van der Waals surface area contributed by atoms with Gasteiger partial charge in [-0.25, -0.2) is 0 Å². The van der Waals surface area contributed by atoms with E-state index in [2.05, 4.69) is 30.7 Å². The molecule has 1 fully saturated rings. The summed E-state index contributed by atoms with van der Waals surface area (Å²) in [6.07, 6.45) is 2.80. The number of nitrogens with zero attached hydrogens (tertiary/aromatic N) is 3. The molecule has 1 atom stereocenters. The summed E-state index contributed by atoms with van der Waals surface area (Å²) in [5, 5.41) is 3.05. The fourth-order valence-corrected chi connectivity index (χ4v) is 4.64. The first-order valence-corrected chi connectivity index (χ1v) is 11.3. The van der Waals surface area contributed by atoms with Gasteiger partial charge in [-0.05, 0) is 63.9 Å². The van der Waals surface area contributed by atoms with Crippen LogP contribution >= 0.6 is 15.9 Å². The number of likely N-dealkylation sites (N-methyl/N-ethyl adjacent to an activating group) is 1. The highest BCUT2D eigenvalue weighted by molar-refractivity contribution is 9.10. The normalized spacial score (nSPS) is 16.6. The number of likely N-dealkylation sites (tertiary alicyclic amines) is 1. The molecule has 7 heteroatoms. The Morgan fingerprint density at radius 3 is 2.70 bits per heavy atom. The molecule has 0 saturated carbocycles. The summed E-state index contributed by atoms with van der Waals surface area (Å²) in [6, 6.07) is 9.99. The van der Waals surface area contributed by atoms with E-state index >= 15 is 0 Å². The number of aryl methyl sites for hydroxylation is 1. The molecule has 0 bridgehead atoms. The van der Waals surface area contributed by atoms with Gasteiger partial charge in [0.2, 0.25) is 5.91 Å². The number of benzene rings is 1. The van der Waals surface area contributed by atoms with Crippen LogP contribution in [0.25, 0.3) is 5.69 Å². The van der Waals surface area contributed by atoms with E-state index in [-0.39, 0.29) is 17.9 Å². The predicted molar refractivity (Wildman–Crippen MR) is 123 cm³/mol. The SMILES string of the molecule is Cc1cc(C(=O)NCCCN2CCCC2C(=O)N(C)C)c(C)n1-c1cccc(Br)c1. The van der Waals surface area contributed by atoms with E-state index in [9.17, 15) is 9.59 Å². The Balaban J connectivity index is 1.57. The third kappa shape index (κ3) is 4.95. The monoisotopic (exact) mass is 474 g/mol. The summed E-state index contributed by atoms with van der Waals surface area (Å²) in [4.78, 5) is 29.0. The van der Waals surface area contributed by atoms with Gasteiger partial charge in [-0.1, -0.05) is 22.0 Å². The van der Waals surface area contributed by atoms with Gasteiger partial charge in [-0.15, -0.1) is 0 Å². The lowest BCUT2D eigenvalue weighted by Gasteiger charge is -2.26. The van der Waals surface area contributed by atoms with Crippen LogP contribution in [0.4, 0.5) is 0 Å². The second-order valence-corrected chi connectivity index (χ2v) is 9.05. The van der Waals surface area contributed by atoms with E-state index < -0.39 is 0 Å². The molecule has 0 aliphatic carbocycles. The van der Waals surface area contributed by atoms with Crippen LogP contribution < -0.4 is 5.32 Å². The molecule has 1 unspecified atom stereocenters. The van der Waals surface area contributed by atoms with Crippen molar-refractivity contribution in [1.82, 2.24) is 19.7 Å². The second-order valence-electron chi connectivity index (χ2n) is 8.14. The third-order valence-electron chi connectivity index (χ3n) is 5.74. The fraction of sp³-hybridized carbons (Fsp3) is 0.478. The molecule has 1 aliphatic heterocycles. The summed E-state index contributed by atoms with van der Waals surface area (Å²) < 4.78 is 3.10. The largest absolute Gasteiger partial charge is 0.352 e. The molecule has 30 heavy (non-hydrogen) atoms. The van der Waals surface area contributed by atoms with E-state index in [4.69, 9.17) is 0 Å². The molecule has 0 spiro atoms. The molecule has 1 aromatic heterocycles. The van der Waals surface area contributed by atoms with Crippen molar-refractivity contribution in [3.63, 3.8) is 0 Å². The van der Waals surface area contributed by atoms with Gasteiger partial charge in [0.15, 0.2) is 0 Å². The number of rotatable bonds is 7.